The number of carbonyl (C=O) groups is 2. The summed E-state index contributed by atoms with van der Waals surface area (Å²) in [4.78, 5) is 23.8. The van der Waals surface area contributed by atoms with Gasteiger partial charge in [-0.1, -0.05) is 29.8 Å². The van der Waals surface area contributed by atoms with Crippen LogP contribution < -0.4 is 5.73 Å². The number of aromatic amines is 1. The maximum Gasteiger partial charge on any atom is 0.271 e. The fraction of sp³-hybridized carbons (Fsp3) is 0.0588. The second kappa shape index (κ2) is 6.64. The molecule has 0 spiro atoms. The molecule has 3 N–H and O–H groups in total. The van der Waals surface area contributed by atoms with E-state index in [1.807, 2.05) is 6.07 Å². The van der Waals surface area contributed by atoms with Crippen LogP contribution in [0.4, 0.5) is 0 Å². The van der Waals surface area contributed by atoms with Crippen molar-refractivity contribution in [3.05, 3.63) is 81.6 Å². The first kappa shape index (κ1) is 15.9. The van der Waals surface area contributed by atoms with E-state index in [1.165, 1.54) is 0 Å². The third kappa shape index (κ3) is 3.33. The average Bonchev–Trinajstić information content (AvgIpc) is 3.03. The van der Waals surface area contributed by atoms with Gasteiger partial charge in [0.1, 0.15) is 0 Å². The Labute approximate surface area is 142 Å². The molecule has 1 aromatic heterocycles. The van der Waals surface area contributed by atoms with Crippen molar-refractivity contribution in [2.75, 3.05) is 0 Å². The zero-order valence-corrected chi connectivity index (χ0v) is 13.2. The molecule has 6 nitrogen and oxygen atoms in total. The molecule has 0 saturated carbocycles. The maximum absolute atomic E-state index is 12.5. The van der Waals surface area contributed by atoms with E-state index >= 15 is 0 Å². The number of nitrogens with two attached hydrogens (primary N) is 1. The van der Waals surface area contributed by atoms with Crippen molar-refractivity contribution in [3.63, 3.8) is 0 Å². The summed E-state index contributed by atoms with van der Waals surface area (Å²) in [5, 5.41) is 10.6. The van der Waals surface area contributed by atoms with E-state index in [2.05, 4.69) is 15.4 Å². The van der Waals surface area contributed by atoms with E-state index in [-0.39, 0.29) is 11.5 Å². The Morgan fingerprint density at radius 1 is 1.04 bits per heavy atom. The molecule has 1 amide bonds. The smallest absolute Gasteiger partial charge is 0.271 e. The summed E-state index contributed by atoms with van der Waals surface area (Å²) in [5.41, 5.74) is 7.71. The van der Waals surface area contributed by atoms with Crippen molar-refractivity contribution in [3.8, 4) is 0 Å². The van der Waals surface area contributed by atoms with Gasteiger partial charge in [-0.15, -0.1) is 0 Å². The van der Waals surface area contributed by atoms with Crippen LogP contribution in [0.3, 0.4) is 0 Å². The van der Waals surface area contributed by atoms with Crippen molar-refractivity contribution in [1.82, 2.24) is 15.4 Å². The summed E-state index contributed by atoms with van der Waals surface area (Å²) in [7, 11) is 0. The summed E-state index contributed by atoms with van der Waals surface area (Å²) < 4.78 is 0. The highest BCUT2D eigenvalue weighted by molar-refractivity contribution is 6.30. The average molecular weight is 341 g/mol. The molecular weight excluding hydrogens is 328 g/mol. The normalized spacial score (nSPS) is 10.5. The van der Waals surface area contributed by atoms with Gasteiger partial charge in [-0.3, -0.25) is 9.59 Å². The standard InChI is InChI=1S/C17H13ClN4O2/c18-13-6-4-11(5-7-13)16(23)12-3-1-2-10(8-12)9-14-15(17(19)24)21-22-20-14/h1-8H,9H2,(H2,19,24)(H,20,21,22). The van der Waals surface area contributed by atoms with Crippen LogP contribution in [0.15, 0.2) is 48.5 Å². The highest BCUT2D eigenvalue weighted by atomic mass is 35.5. The minimum absolute atomic E-state index is 0.101. The van der Waals surface area contributed by atoms with Crippen LogP contribution >= 0.6 is 11.6 Å². The summed E-state index contributed by atoms with van der Waals surface area (Å²) in [6, 6.07) is 13.8. The molecule has 3 aromatic rings. The molecule has 0 aliphatic rings. The van der Waals surface area contributed by atoms with Crippen LogP contribution in [0.25, 0.3) is 0 Å². The molecule has 0 atom stereocenters. The van der Waals surface area contributed by atoms with Gasteiger partial charge in [0.05, 0.1) is 5.69 Å². The van der Waals surface area contributed by atoms with Crippen LogP contribution in [0.5, 0.6) is 0 Å². The summed E-state index contributed by atoms with van der Waals surface area (Å²) in [6.45, 7) is 0. The molecule has 2 aromatic carbocycles. The summed E-state index contributed by atoms with van der Waals surface area (Å²) >= 11 is 5.84. The maximum atomic E-state index is 12.5. The lowest BCUT2D eigenvalue weighted by Gasteiger charge is -2.05. The van der Waals surface area contributed by atoms with E-state index in [0.717, 1.165) is 5.56 Å². The second-order valence-electron chi connectivity index (χ2n) is 5.20. The molecule has 0 aliphatic carbocycles. The molecular formula is C17H13ClN4O2. The number of hydrogen-bond donors (Lipinski definition) is 2. The molecule has 1 heterocycles. The molecule has 0 bridgehead atoms. The van der Waals surface area contributed by atoms with Gasteiger partial charge in [0, 0.05) is 22.6 Å². The lowest BCUT2D eigenvalue weighted by molar-refractivity contribution is 0.0993. The number of hydrogen-bond acceptors (Lipinski definition) is 4. The van der Waals surface area contributed by atoms with Crippen LogP contribution in [-0.4, -0.2) is 27.1 Å². The first-order chi connectivity index (χ1) is 11.5. The second-order valence-corrected chi connectivity index (χ2v) is 5.63. The topological polar surface area (TPSA) is 102 Å². The van der Waals surface area contributed by atoms with E-state index in [9.17, 15) is 9.59 Å². The Morgan fingerprint density at radius 3 is 2.50 bits per heavy atom. The van der Waals surface area contributed by atoms with Gasteiger partial charge in [-0.25, -0.2) is 0 Å². The number of H-pyrrole nitrogens is 1. The number of carbonyl (C=O) groups excluding carboxylic acids is 2. The minimum atomic E-state index is -0.646. The highest BCUT2D eigenvalue weighted by Crippen LogP contribution is 2.17. The van der Waals surface area contributed by atoms with Crippen molar-refractivity contribution in [2.24, 2.45) is 5.73 Å². The van der Waals surface area contributed by atoms with Crippen molar-refractivity contribution < 1.29 is 9.59 Å². The predicted molar refractivity (Wildman–Crippen MR) is 89.0 cm³/mol. The van der Waals surface area contributed by atoms with E-state index < -0.39 is 5.91 Å². The number of rotatable bonds is 5. The van der Waals surface area contributed by atoms with E-state index in [4.69, 9.17) is 17.3 Å². The summed E-state index contributed by atoms with van der Waals surface area (Å²) in [5.74, 6) is -0.754. The van der Waals surface area contributed by atoms with Crippen molar-refractivity contribution >= 4 is 23.3 Å². The molecule has 0 radical (unpaired) electrons. The number of benzene rings is 2. The van der Waals surface area contributed by atoms with Gasteiger partial charge < -0.3 is 5.73 Å². The number of aromatic nitrogens is 3. The predicted octanol–water partition coefficient (Wildman–Crippen LogP) is 2.38. The zero-order chi connectivity index (χ0) is 17.1. The first-order valence-corrected chi connectivity index (χ1v) is 7.51. The molecule has 7 heteroatoms. The third-order valence-corrected chi connectivity index (χ3v) is 3.77. The number of amides is 1. The number of nitrogens with zero attached hydrogens (tertiary/aromatic N) is 2. The Balaban J connectivity index is 1.86. The molecule has 0 saturated heterocycles. The fourth-order valence-corrected chi connectivity index (χ4v) is 2.48. The zero-order valence-electron chi connectivity index (χ0n) is 12.5. The highest BCUT2D eigenvalue weighted by Gasteiger charge is 2.15. The van der Waals surface area contributed by atoms with Crippen molar-refractivity contribution in [1.29, 1.82) is 0 Å². The van der Waals surface area contributed by atoms with E-state index in [1.54, 1.807) is 42.5 Å². The number of nitrogens with one attached hydrogen (secondary N) is 1. The van der Waals surface area contributed by atoms with Crippen LogP contribution in [0.2, 0.25) is 5.02 Å². The van der Waals surface area contributed by atoms with Crippen LogP contribution in [-0.2, 0) is 6.42 Å². The SMILES string of the molecule is NC(=O)c1n[nH]nc1Cc1cccc(C(=O)c2ccc(Cl)cc2)c1. The number of halogens is 1. The number of ketones is 1. The third-order valence-electron chi connectivity index (χ3n) is 3.52. The van der Waals surface area contributed by atoms with Gasteiger partial charge in [0.25, 0.3) is 5.91 Å². The molecule has 120 valence electrons. The quantitative estimate of drug-likeness (QED) is 0.696. The van der Waals surface area contributed by atoms with Crippen LogP contribution in [0, 0.1) is 0 Å². The van der Waals surface area contributed by atoms with Crippen molar-refractivity contribution in [2.45, 2.75) is 6.42 Å². The Kier molecular flexibility index (Phi) is 4.39. The summed E-state index contributed by atoms with van der Waals surface area (Å²) in [6.07, 6.45) is 0.344. The monoisotopic (exact) mass is 340 g/mol. The fourth-order valence-electron chi connectivity index (χ4n) is 2.36. The van der Waals surface area contributed by atoms with Gasteiger partial charge in [0.2, 0.25) is 0 Å². The molecule has 3 rings (SSSR count). The Hall–Kier alpha value is -2.99. The molecule has 24 heavy (non-hydrogen) atoms. The van der Waals surface area contributed by atoms with Gasteiger partial charge in [-0.05, 0) is 35.9 Å². The van der Waals surface area contributed by atoms with Crippen LogP contribution in [0.1, 0.15) is 37.7 Å². The molecule has 0 unspecified atom stereocenters. The van der Waals surface area contributed by atoms with Gasteiger partial charge >= 0.3 is 0 Å². The number of primary amides is 1. The lowest BCUT2D eigenvalue weighted by atomic mass is 9.99. The largest absolute Gasteiger partial charge is 0.364 e. The Bertz CT molecular complexity index is 903. The van der Waals surface area contributed by atoms with E-state index in [0.29, 0.717) is 28.3 Å². The van der Waals surface area contributed by atoms with Gasteiger partial charge in [0.15, 0.2) is 11.5 Å². The Morgan fingerprint density at radius 2 is 1.79 bits per heavy atom. The van der Waals surface area contributed by atoms with Gasteiger partial charge in [-0.2, -0.15) is 15.4 Å². The lowest BCUT2D eigenvalue weighted by Crippen LogP contribution is -2.14. The molecule has 0 fully saturated rings. The minimum Gasteiger partial charge on any atom is -0.364 e. The molecule has 0 aliphatic heterocycles. The first-order valence-electron chi connectivity index (χ1n) is 7.13.